The van der Waals surface area contributed by atoms with Crippen LogP contribution >= 0.6 is 23.2 Å². The van der Waals surface area contributed by atoms with Gasteiger partial charge in [0.05, 0.1) is 5.57 Å². The second kappa shape index (κ2) is 7.66. The third-order valence-corrected chi connectivity index (χ3v) is 5.92. The zero-order valence-electron chi connectivity index (χ0n) is 15.0. The Morgan fingerprint density at radius 1 is 1.46 bits per heavy atom. The number of nitrogens with two attached hydrogens (primary N) is 1. The molecule has 2 aliphatic rings. The monoisotopic (exact) mass is 395 g/mol. The van der Waals surface area contributed by atoms with E-state index in [1.54, 1.807) is 19.2 Å². The molecule has 0 amide bonds. The van der Waals surface area contributed by atoms with Gasteiger partial charge in [-0.3, -0.25) is 0 Å². The number of halogens is 2. The van der Waals surface area contributed by atoms with Crippen molar-refractivity contribution in [2.45, 2.75) is 31.5 Å². The van der Waals surface area contributed by atoms with Gasteiger partial charge in [-0.05, 0) is 30.7 Å². The van der Waals surface area contributed by atoms with E-state index in [0.717, 1.165) is 31.6 Å². The summed E-state index contributed by atoms with van der Waals surface area (Å²) in [4.78, 5) is 2.37. The summed E-state index contributed by atoms with van der Waals surface area (Å²) in [6, 6.07) is 7.57. The molecule has 3 atom stereocenters. The van der Waals surface area contributed by atoms with E-state index >= 15 is 0 Å². The number of allylic oxidation sites excluding steroid dienone is 1. The third kappa shape index (κ3) is 3.27. The molecule has 0 radical (unpaired) electrons. The zero-order valence-corrected chi connectivity index (χ0v) is 16.5. The fraction of sp³-hybridized carbons (Fsp3) is 0.526. The van der Waals surface area contributed by atoms with E-state index < -0.39 is 5.79 Å². The molecular weight excluding hydrogens is 373 g/mol. The maximum Gasteiger partial charge on any atom is 0.218 e. The van der Waals surface area contributed by atoms with Crippen LogP contribution in [0.1, 0.15) is 31.2 Å². The molecule has 7 heteroatoms. The molecule has 2 aliphatic heterocycles. The molecule has 3 rings (SSSR count). The molecule has 1 aromatic carbocycles. The third-order valence-electron chi connectivity index (χ3n) is 5.36. The molecule has 26 heavy (non-hydrogen) atoms. The van der Waals surface area contributed by atoms with E-state index in [4.69, 9.17) is 38.4 Å². The SMILES string of the molecule is CCCN1CC[C@@]2(OC)OC(N)=C(C#N)[C@@H](c3ccc(Cl)cc3Cl)[C@@H]2C1. The van der Waals surface area contributed by atoms with E-state index in [-0.39, 0.29) is 17.7 Å². The van der Waals surface area contributed by atoms with E-state index in [9.17, 15) is 5.26 Å². The first-order valence-corrected chi connectivity index (χ1v) is 9.52. The summed E-state index contributed by atoms with van der Waals surface area (Å²) in [7, 11) is 1.63. The Kier molecular flexibility index (Phi) is 5.69. The van der Waals surface area contributed by atoms with Crippen LogP contribution in [0.3, 0.4) is 0 Å². The van der Waals surface area contributed by atoms with Crippen molar-refractivity contribution >= 4 is 23.2 Å². The number of piperidine rings is 1. The van der Waals surface area contributed by atoms with Crippen molar-refractivity contribution in [1.29, 1.82) is 5.26 Å². The second-order valence-corrected chi connectivity index (χ2v) is 7.65. The van der Waals surface area contributed by atoms with Crippen molar-refractivity contribution in [2.75, 3.05) is 26.7 Å². The molecule has 0 unspecified atom stereocenters. The number of likely N-dealkylation sites (tertiary alicyclic amines) is 1. The molecule has 1 saturated heterocycles. The maximum absolute atomic E-state index is 9.76. The van der Waals surface area contributed by atoms with Crippen molar-refractivity contribution in [3.8, 4) is 6.07 Å². The standard InChI is InChI=1S/C19H23Cl2N3O2/c1-3-7-24-8-6-19(25-2)15(11-24)17(14(10-22)18(23)26-19)13-5-4-12(20)9-16(13)21/h4-5,9,15,17H,3,6-8,11,23H2,1-2H3/t15-,17+,19+/m0/s1. The van der Waals surface area contributed by atoms with Gasteiger partial charge in [-0.2, -0.15) is 5.26 Å². The van der Waals surface area contributed by atoms with E-state index in [2.05, 4.69) is 17.9 Å². The number of hydrogen-bond acceptors (Lipinski definition) is 5. The van der Waals surface area contributed by atoms with Crippen LogP contribution in [0.15, 0.2) is 29.7 Å². The van der Waals surface area contributed by atoms with Gasteiger partial charge in [0.15, 0.2) is 0 Å². The average molecular weight is 396 g/mol. The lowest BCUT2D eigenvalue weighted by Crippen LogP contribution is -2.59. The summed E-state index contributed by atoms with van der Waals surface area (Å²) in [5, 5.41) is 10.8. The highest BCUT2D eigenvalue weighted by Gasteiger charge is 2.54. The quantitative estimate of drug-likeness (QED) is 0.837. The molecule has 0 spiro atoms. The van der Waals surface area contributed by atoms with Crippen LogP contribution in [0.25, 0.3) is 0 Å². The minimum Gasteiger partial charge on any atom is -0.446 e. The summed E-state index contributed by atoms with van der Waals surface area (Å²) < 4.78 is 11.8. The molecule has 0 bridgehead atoms. The van der Waals surface area contributed by atoms with Crippen LogP contribution in [-0.2, 0) is 9.47 Å². The molecule has 2 N–H and O–H groups in total. The summed E-state index contributed by atoms with van der Waals surface area (Å²) >= 11 is 12.6. The highest BCUT2D eigenvalue weighted by molar-refractivity contribution is 6.35. The number of nitriles is 1. The first-order chi connectivity index (χ1) is 12.5. The molecule has 0 aliphatic carbocycles. The molecule has 1 aromatic rings. The van der Waals surface area contributed by atoms with Gasteiger partial charge in [0.2, 0.25) is 11.7 Å². The van der Waals surface area contributed by atoms with Crippen LogP contribution in [0.2, 0.25) is 10.0 Å². The van der Waals surface area contributed by atoms with Gasteiger partial charge in [0.1, 0.15) is 6.07 Å². The topological polar surface area (TPSA) is 71.5 Å². The fourth-order valence-electron chi connectivity index (χ4n) is 4.15. The molecule has 5 nitrogen and oxygen atoms in total. The lowest BCUT2D eigenvalue weighted by Gasteiger charge is -2.51. The Bertz CT molecular complexity index is 762. The summed E-state index contributed by atoms with van der Waals surface area (Å²) in [5.41, 5.74) is 7.35. The lowest BCUT2D eigenvalue weighted by atomic mass is 9.72. The highest BCUT2D eigenvalue weighted by atomic mass is 35.5. The number of benzene rings is 1. The summed E-state index contributed by atoms with van der Waals surface area (Å²) in [5.74, 6) is -1.15. The van der Waals surface area contributed by atoms with Gasteiger partial charge in [0, 0.05) is 48.5 Å². The summed E-state index contributed by atoms with van der Waals surface area (Å²) in [6.45, 7) is 4.73. The van der Waals surface area contributed by atoms with Gasteiger partial charge in [-0.15, -0.1) is 0 Å². The molecule has 2 heterocycles. The number of methoxy groups -OCH3 is 1. The first-order valence-electron chi connectivity index (χ1n) is 8.77. The van der Waals surface area contributed by atoms with E-state index in [0.29, 0.717) is 22.0 Å². The predicted octanol–water partition coefficient (Wildman–Crippen LogP) is 3.88. The van der Waals surface area contributed by atoms with Gasteiger partial charge < -0.3 is 20.1 Å². The van der Waals surface area contributed by atoms with Gasteiger partial charge in [-0.1, -0.05) is 36.2 Å². The Balaban J connectivity index is 2.13. The minimum absolute atomic E-state index is 0.103. The molecular formula is C19H23Cl2N3O2. The number of ether oxygens (including phenoxy) is 2. The van der Waals surface area contributed by atoms with Gasteiger partial charge in [0.25, 0.3) is 0 Å². The average Bonchev–Trinajstić information content (AvgIpc) is 2.61. The van der Waals surface area contributed by atoms with Crippen LogP contribution in [0.4, 0.5) is 0 Å². The first kappa shape index (κ1) is 19.3. The van der Waals surface area contributed by atoms with Crippen molar-refractivity contribution < 1.29 is 9.47 Å². The van der Waals surface area contributed by atoms with Crippen molar-refractivity contribution in [3.05, 3.63) is 45.3 Å². The zero-order chi connectivity index (χ0) is 18.9. The lowest BCUT2D eigenvalue weighted by molar-refractivity contribution is -0.266. The predicted molar refractivity (Wildman–Crippen MR) is 102 cm³/mol. The fourth-order valence-corrected chi connectivity index (χ4v) is 4.68. The van der Waals surface area contributed by atoms with Crippen molar-refractivity contribution in [2.24, 2.45) is 11.7 Å². The van der Waals surface area contributed by atoms with Gasteiger partial charge >= 0.3 is 0 Å². The van der Waals surface area contributed by atoms with Crippen molar-refractivity contribution in [3.63, 3.8) is 0 Å². The minimum atomic E-state index is -0.859. The van der Waals surface area contributed by atoms with E-state index in [1.807, 2.05) is 6.07 Å². The summed E-state index contributed by atoms with van der Waals surface area (Å²) in [6.07, 6.45) is 1.73. The Hall–Kier alpha value is -1.45. The number of nitrogens with zero attached hydrogens (tertiary/aromatic N) is 2. The highest BCUT2D eigenvalue weighted by Crippen LogP contribution is 2.50. The van der Waals surface area contributed by atoms with Crippen molar-refractivity contribution in [1.82, 2.24) is 4.90 Å². The molecule has 0 saturated carbocycles. The maximum atomic E-state index is 9.76. The van der Waals surface area contributed by atoms with Crippen LogP contribution in [-0.4, -0.2) is 37.4 Å². The Morgan fingerprint density at radius 2 is 2.23 bits per heavy atom. The van der Waals surface area contributed by atoms with Crippen LogP contribution in [0.5, 0.6) is 0 Å². The number of hydrogen-bond donors (Lipinski definition) is 1. The smallest absolute Gasteiger partial charge is 0.218 e. The normalized spacial score (nSPS) is 29.0. The number of rotatable bonds is 4. The van der Waals surface area contributed by atoms with Crippen LogP contribution in [0, 0.1) is 17.2 Å². The van der Waals surface area contributed by atoms with Gasteiger partial charge in [-0.25, -0.2) is 0 Å². The molecule has 0 aromatic heterocycles. The van der Waals surface area contributed by atoms with Crippen LogP contribution < -0.4 is 5.73 Å². The Morgan fingerprint density at radius 3 is 2.85 bits per heavy atom. The van der Waals surface area contributed by atoms with E-state index in [1.165, 1.54) is 0 Å². The molecule has 1 fully saturated rings. The molecule has 140 valence electrons. The Labute approximate surface area is 164 Å². The second-order valence-electron chi connectivity index (χ2n) is 6.81. The number of fused-ring (bicyclic) bond motifs is 1. The largest absolute Gasteiger partial charge is 0.446 e.